The first-order chi connectivity index (χ1) is 5.18. The molecule has 0 aromatic heterocycles. The van der Waals surface area contributed by atoms with E-state index in [4.69, 9.17) is 0 Å². The van der Waals surface area contributed by atoms with Crippen molar-refractivity contribution in [3.8, 4) is 0 Å². The molecule has 1 N–H and O–H groups in total. The van der Waals surface area contributed by atoms with Crippen LogP contribution in [0.1, 0.15) is 26.2 Å². The second-order valence-corrected chi connectivity index (χ2v) is 3.96. The monoisotopic (exact) mass is 156 g/mol. The summed E-state index contributed by atoms with van der Waals surface area (Å²) in [5, 5.41) is 3.61. The fraction of sp³-hybridized carbons (Fsp3) is 1.00. The lowest BCUT2D eigenvalue weighted by atomic mass is 9.99. The number of hydrogen-bond donors (Lipinski definition) is 1. The van der Waals surface area contributed by atoms with Gasteiger partial charge in [-0.05, 0) is 33.9 Å². The van der Waals surface area contributed by atoms with E-state index >= 15 is 0 Å². The molecule has 1 fully saturated rings. The van der Waals surface area contributed by atoms with Crippen molar-refractivity contribution in [1.82, 2.24) is 10.2 Å². The topological polar surface area (TPSA) is 15.3 Å². The van der Waals surface area contributed by atoms with E-state index < -0.39 is 0 Å². The van der Waals surface area contributed by atoms with Gasteiger partial charge in [-0.25, -0.2) is 0 Å². The maximum atomic E-state index is 3.61. The molecule has 2 atom stereocenters. The Labute approximate surface area is 70.0 Å². The fourth-order valence-electron chi connectivity index (χ4n) is 1.82. The highest BCUT2D eigenvalue weighted by Crippen LogP contribution is 2.12. The van der Waals surface area contributed by atoms with Crippen molar-refractivity contribution in [2.45, 2.75) is 38.3 Å². The number of likely N-dealkylation sites (N-methyl/N-ethyl adjacent to an activating group) is 1. The highest BCUT2D eigenvalue weighted by molar-refractivity contribution is 4.78. The van der Waals surface area contributed by atoms with Crippen LogP contribution in [0.25, 0.3) is 0 Å². The molecule has 0 aromatic carbocycles. The zero-order valence-corrected chi connectivity index (χ0v) is 7.93. The molecule has 66 valence electrons. The van der Waals surface area contributed by atoms with Gasteiger partial charge in [-0.3, -0.25) is 0 Å². The van der Waals surface area contributed by atoms with Crippen LogP contribution >= 0.6 is 0 Å². The minimum Gasteiger partial charge on any atom is -0.310 e. The van der Waals surface area contributed by atoms with Crippen molar-refractivity contribution < 1.29 is 0 Å². The third-order valence-corrected chi connectivity index (χ3v) is 2.30. The van der Waals surface area contributed by atoms with Crippen LogP contribution in [0.3, 0.4) is 0 Å². The zero-order chi connectivity index (χ0) is 8.27. The summed E-state index contributed by atoms with van der Waals surface area (Å²) >= 11 is 0. The molecular weight excluding hydrogens is 136 g/mol. The second kappa shape index (κ2) is 4.07. The first-order valence-electron chi connectivity index (χ1n) is 4.59. The zero-order valence-electron chi connectivity index (χ0n) is 7.93. The summed E-state index contributed by atoms with van der Waals surface area (Å²) in [6.45, 7) is 3.46. The molecule has 1 saturated heterocycles. The van der Waals surface area contributed by atoms with E-state index in [9.17, 15) is 0 Å². The molecule has 0 aromatic rings. The van der Waals surface area contributed by atoms with Gasteiger partial charge in [-0.1, -0.05) is 6.42 Å². The van der Waals surface area contributed by atoms with E-state index in [1.807, 2.05) is 0 Å². The van der Waals surface area contributed by atoms with Gasteiger partial charge >= 0.3 is 0 Å². The average Bonchev–Trinajstić information content (AvgIpc) is 1.85. The predicted molar refractivity (Wildman–Crippen MR) is 48.8 cm³/mol. The van der Waals surface area contributed by atoms with Gasteiger partial charge in [0.1, 0.15) is 0 Å². The van der Waals surface area contributed by atoms with Gasteiger partial charge in [0.25, 0.3) is 0 Å². The van der Waals surface area contributed by atoms with E-state index in [0.29, 0.717) is 0 Å². The van der Waals surface area contributed by atoms with E-state index in [-0.39, 0.29) is 0 Å². The van der Waals surface area contributed by atoms with E-state index in [2.05, 4.69) is 31.2 Å². The van der Waals surface area contributed by atoms with E-state index in [1.165, 1.54) is 25.8 Å². The first kappa shape index (κ1) is 9.01. The summed E-state index contributed by atoms with van der Waals surface area (Å²) in [6, 6.07) is 1.46. The van der Waals surface area contributed by atoms with Crippen molar-refractivity contribution in [2.24, 2.45) is 0 Å². The van der Waals surface area contributed by atoms with Crippen molar-refractivity contribution in [1.29, 1.82) is 0 Å². The molecule has 0 aliphatic carbocycles. The van der Waals surface area contributed by atoms with Crippen molar-refractivity contribution in [2.75, 3.05) is 20.6 Å². The molecule has 1 heterocycles. The lowest BCUT2D eigenvalue weighted by Crippen LogP contribution is -2.45. The van der Waals surface area contributed by atoms with Crippen LogP contribution in [0.2, 0.25) is 0 Å². The third kappa shape index (κ3) is 3.21. The average molecular weight is 156 g/mol. The summed E-state index contributed by atoms with van der Waals surface area (Å²) in [7, 11) is 4.28. The van der Waals surface area contributed by atoms with Crippen molar-refractivity contribution in [3.05, 3.63) is 0 Å². The molecule has 11 heavy (non-hydrogen) atoms. The summed E-state index contributed by atoms with van der Waals surface area (Å²) in [5.41, 5.74) is 0. The normalized spacial score (nSPS) is 32.7. The molecule has 1 rings (SSSR count). The molecule has 2 unspecified atom stereocenters. The lowest BCUT2D eigenvalue weighted by molar-refractivity contribution is 0.267. The molecule has 0 spiro atoms. The fourth-order valence-corrected chi connectivity index (χ4v) is 1.82. The van der Waals surface area contributed by atoms with Crippen LogP contribution in [0, 0.1) is 0 Å². The van der Waals surface area contributed by atoms with Crippen LogP contribution < -0.4 is 5.32 Å². The van der Waals surface area contributed by atoms with Gasteiger partial charge in [0.15, 0.2) is 0 Å². The highest BCUT2D eigenvalue weighted by Gasteiger charge is 2.17. The number of piperidine rings is 1. The Balaban J connectivity index is 2.23. The highest BCUT2D eigenvalue weighted by atomic mass is 15.1. The predicted octanol–water partition coefficient (Wildman–Crippen LogP) is 1.08. The standard InChI is InChI=1S/C9H20N2/c1-8-5-4-6-9(10-8)7-11(2)3/h8-10H,4-7H2,1-3H3. The Bertz CT molecular complexity index is 110. The largest absolute Gasteiger partial charge is 0.310 e. The minimum atomic E-state index is 0.730. The first-order valence-corrected chi connectivity index (χ1v) is 4.59. The maximum Gasteiger partial charge on any atom is 0.0197 e. The maximum absolute atomic E-state index is 3.61. The molecule has 1 aliphatic rings. The van der Waals surface area contributed by atoms with Crippen molar-refractivity contribution in [3.63, 3.8) is 0 Å². The SMILES string of the molecule is CC1CCCC(CN(C)C)N1. The Morgan fingerprint density at radius 1 is 1.36 bits per heavy atom. The number of nitrogens with zero attached hydrogens (tertiary/aromatic N) is 1. The molecule has 1 aliphatic heterocycles. The lowest BCUT2D eigenvalue weighted by Gasteiger charge is -2.30. The van der Waals surface area contributed by atoms with Crippen LogP contribution in [0.15, 0.2) is 0 Å². The van der Waals surface area contributed by atoms with Gasteiger partial charge in [0.05, 0.1) is 0 Å². The number of nitrogens with one attached hydrogen (secondary N) is 1. The molecule has 0 radical (unpaired) electrons. The summed E-state index contributed by atoms with van der Waals surface area (Å²) < 4.78 is 0. The molecule has 0 bridgehead atoms. The van der Waals surface area contributed by atoms with Gasteiger partial charge < -0.3 is 10.2 Å². The van der Waals surface area contributed by atoms with Crippen LogP contribution in [0.4, 0.5) is 0 Å². The number of rotatable bonds is 2. The quantitative estimate of drug-likeness (QED) is 0.643. The van der Waals surface area contributed by atoms with Crippen LogP contribution in [0.5, 0.6) is 0 Å². The molecule has 0 saturated carbocycles. The third-order valence-electron chi connectivity index (χ3n) is 2.30. The Hall–Kier alpha value is -0.0800. The number of hydrogen-bond acceptors (Lipinski definition) is 2. The molecule has 2 nitrogen and oxygen atoms in total. The van der Waals surface area contributed by atoms with E-state index in [0.717, 1.165) is 12.1 Å². The summed E-state index contributed by atoms with van der Waals surface area (Å²) in [6.07, 6.45) is 4.10. The van der Waals surface area contributed by atoms with Gasteiger partial charge in [0, 0.05) is 18.6 Å². The van der Waals surface area contributed by atoms with E-state index in [1.54, 1.807) is 0 Å². The summed E-state index contributed by atoms with van der Waals surface area (Å²) in [4.78, 5) is 2.26. The Morgan fingerprint density at radius 3 is 2.64 bits per heavy atom. The molecule has 0 amide bonds. The Kier molecular flexibility index (Phi) is 3.34. The Morgan fingerprint density at radius 2 is 2.09 bits per heavy atom. The van der Waals surface area contributed by atoms with Gasteiger partial charge in [-0.2, -0.15) is 0 Å². The summed E-state index contributed by atoms with van der Waals surface area (Å²) in [5.74, 6) is 0. The van der Waals surface area contributed by atoms with Gasteiger partial charge in [-0.15, -0.1) is 0 Å². The molecule has 2 heteroatoms. The van der Waals surface area contributed by atoms with Crippen molar-refractivity contribution >= 4 is 0 Å². The molecular formula is C9H20N2. The van der Waals surface area contributed by atoms with Gasteiger partial charge in [0.2, 0.25) is 0 Å². The second-order valence-electron chi connectivity index (χ2n) is 3.96. The minimum absolute atomic E-state index is 0.730. The smallest absolute Gasteiger partial charge is 0.0197 e. The van der Waals surface area contributed by atoms with Crippen LogP contribution in [-0.2, 0) is 0 Å². The van der Waals surface area contributed by atoms with Crippen LogP contribution in [-0.4, -0.2) is 37.6 Å².